The maximum Gasteiger partial charge on any atom is 0.232 e. The first-order valence-corrected chi connectivity index (χ1v) is 8.69. The van der Waals surface area contributed by atoms with Gasteiger partial charge in [-0.25, -0.2) is 0 Å². The van der Waals surface area contributed by atoms with Crippen molar-refractivity contribution in [1.82, 2.24) is 10.1 Å². The van der Waals surface area contributed by atoms with Crippen LogP contribution in [0, 0.1) is 0 Å². The molecule has 2 aliphatic rings. The van der Waals surface area contributed by atoms with Gasteiger partial charge in [-0.3, -0.25) is 4.79 Å². The third-order valence-corrected chi connectivity index (χ3v) is 5.28. The number of amides is 1. The minimum absolute atomic E-state index is 0.00989. The van der Waals surface area contributed by atoms with Crippen molar-refractivity contribution in [2.24, 2.45) is 5.73 Å². The lowest BCUT2D eigenvalue weighted by Gasteiger charge is -2.34. The monoisotopic (exact) mass is 358 g/mol. The van der Waals surface area contributed by atoms with Crippen LogP contribution < -0.4 is 20.1 Å². The molecule has 1 saturated carbocycles. The van der Waals surface area contributed by atoms with Crippen LogP contribution >= 0.6 is 0 Å². The summed E-state index contributed by atoms with van der Waals surface area (Å²) in [6.07, 6.45) is 3.12. The van der Waals surface area contributed by atoms with Crippen LogP contribution in [-0.4, -0.2) is 36.8 Å². The van der Waals surface area contributed by atoms with Gasteiger partial charge in [-0.1, -0.05) is 5.16 Å². The van der Waals surface area contributed by atoms with Crippen LogP contribution in [0.2, 0.25) is 0 Å². The van der Waals surface area contributed by atoms with Crippen molar-refractivity contribution in [3.8, 4) is 11.5 Å². The Morgan fingerprint density at radius 2 is 2.12 bits per heavy atom. The van der Waals surface area contributed by atoms with Gasteiger partial charge in [0.05, 0.1) is 31.4 Å². The number of anilines is 1. The Morgan fingerprint density at radius 3 is 2.77 bits per heavy atom. The summed E-state index contributed by atoms with van der Waals surface area (Å²) in [7, 11) is 3.16. The van der Waals surface area contributed by atoms with Gasteiger partial charge in [-0.2, -0.15) is 4.98 Å². The van der Waals surface area contributed by atoms with Gasteiger partial charge < -0.3 is 24.6 Å². The molecule has 4 rings (SSSR count). The van der Waals surface area contributed by atoms with Crippen LogP contribution in [0.25, 0.3) is 0 Å². The molecule has 1 aliphatic heterocycles. The topological polar surface area (TPSA) is 104 Å². The zero-order chi connectivity index (χ0) is 18.3. The summed E-state index contributed by atoms with van der Waals surface area (Å²) < 4.78 is 16.1. The molecule has 1 aliphatic carbocycles. The maximum atomic E-state index is 12.6. The number of nitrogens with two attached hydrogens (primary N) is 1. The third-order valence-electron chi connectivity index (χ3n) is 5.28. The van der Waals surface area contributed by atoms with Gasteiger partial charge >= 0.3 is 0 Å². The van der Waals surface area contributed by atoms with E-state index in [0.717, 1.165) is 19.3 Å². The maximum absolute atomic E-state index is 12.6. The fraction of sp³-hybridized carbons (Fsp3) is 0.500. The Balaban J connectivity index is 1.56. The lowest BCUT2D eigenvalue weighted by Crippen LogP contribution is -2.44. The van der Waals surface area contributed by atoms with Crippen molar-refractivity contribution in [2.75, 3.05) is 25.7 Å². The molecular formula is C18H22N4O4. The molecule has 0 radical (unpaired) electrons. The van der Waals surface area contributed by atoms with Crippen molar-refractivity contribution < 1.29 is 18.8 Å². The van der Waals surface area contributed by atoms with Crippen molar-refractivity contribution in [2.45, 2.75) is 37.1 Å². The average molecular weight is 358 g/mol. The zero-order valence-electron chi connectivity index (χ0n) is 14.9. The van der Waals surface area contributed by atoms with Crippen LogP contribution in [-0.2, 0) is 10.3 Å². The first-order chi connectivity index (χ1) is 12.5. The van der Waals surface area contributed by atoms with E-state index in [1.165, 1.54) is 0 Å². The number of carbonyl (C=O) groups excluding carboxylic acids is 1. The first kappa shape index (κ1) is 16.8. The SMILES string of the molecule is COc1ccc(N2CC(c3nc(C4(N)CCC4)no3)CC2=O)c(OC)c1. The molecule has 2 N–H and O–H groups in total. The Hall–Kier alpha value is -2.61. The predicted octanol–water partition coefficient (Wildman–Crippen LogP) is 1.95. The summed E-state index contributed by atoms with van der Waals surface area (Å²) in [5, 5.41) is 4.05. The third kappa shape index (κ3) is 2.70. The number of aromatic nitrogens is 2. The minimum atomic E-state index is -0.469. The van der Waals surface area contributed by atoms with Gasteiger partial charge in [-0.15, -0.1) is 0 Å². The van der Waals surface area contributed by atoms with Gasteiger partial charge in [0.15, 0.2) is 5.82 Å². The standard InChI is InChI=1S/C18H22N4O4/c1-24-12-4-5-13(14(9-12)25-2)22-10-11(8-15(22)23)16-20-17(21-26-16)18(19)6-3-7-18/h4-5,9,11H,3,6-8,10,19H2,1-2H3. The van der Waals surface area contributed by atoms with Gasteiger partial charge in [0.2, 0.25) is 11.8 Å². The molecule has 0 bridgehead atoms. The fourth-order valence-electron chi connectivity index (χ4n) is 3.50. The molecule has 1 atom stereocenters. The molecular weight excluding hydrogens is 336 g/mol. The Labute approximate surface area is 151 Å². The van der Waals surface area contributed by atoms with E-state index < -0.39 is 5.54 Å². The number of rotatable bonds is 5. The molecule has 1 unspecified atom stereocenters. The predicted molar refractivity (Wildman–Crippen MR) is 93.3 cm³/mol. The molecule has 1 aromatic carbocycles. The number of hydrogen-bond acceptors (Lipinski definition) is 7. The molecule has 0 spiro atoms. The van der Waals surface area contributed by atoms with Crippen LogP contribution in [0.1, 0.15) is 43.3 Å². The minimum Gasteiger partial charge on any atom is -0.497 e. The Morgan fingerprint density at radius 1 is 1.31 bits per heavy atom. The average Bonchev–Trinajstić information content (AvgIpc) is 3.26. The molecule has 2 aromatic rings. The lowest BCUT2D eigenvalue weighted by atomic mass is 9.77. The number of nitrogens with zero attached hydrogens (tertiary/aromatic N) is 3. The van der Waals surface area contributed by atoms with E-state index in [1.54, 1.807) is 31.3 Å². The highest BCUT2D eigenvalue weighted by Crippen LogP contribution is 2.40. The number of methoxy groups -OCH3 is 2. The number of hydrogen-bond donors (Lipinski definition) is 1. The fourth-order valence-corrected chi connectivity index (χ4v) is 3.50. The van der Waals surface area contributed by atoms with E-state index >= 15 is 0 Å². The summed E-state index contributed by atoms with van der Waals surface area (Å²) in [6, 6.07) is 5.38. The van der Waals surface area contributed by atoms with E-state index in [0.29, 0.717) is 41.9 Å². The summed E-state index contributed by atoms with van der Waals surface area (Å²) in [5.74, 6) is 2.11. The number of ether oxygens (including phenoxy) is 2. The van der Waals surface area contributed by atoms with Crippen LogP contribution in [0.3, 0.4) is 0 Å². The van der Waals surface area contributed by atoms with Gasteiger partial charge in [0.1, 0.15) is 11.5 Å². The molecule has 1 aromatic heterocycles. The second-order valence-corrected chi connectivity index (χ2v) is 6.91. The largest absolute Gasteiger partial charge is 0.497 e. The van der Waals surface area contributed by atoms with Crippen molar-refractivity contribution >= 4 is 11.6 Å². The number of carbonyl (C=O) groups is 1. The van der Waals surface area contributed by atoms with Gasteiger partial charge in [0.25, 0.3) is 0 Å². The first-order valence-electron chi connectivity index (χ1n) is 8.69. The second kappa shape index (κ2) is 6.28. The van der Waals surface area contributed by atoms with E-state index in [-0.39, 0.29) is 11.8 Å². The van der Waals surface area contributed by atoms with E-state index in [4.69, 9.17) is 19.7 Å². The molecule has 1 amide bonds. The molecule has 8 nitrogen and oxygen atoms in total. The Kier molecular flexibility index (Phi) is 4.07. The van der Waals surface area contributed by atoms with Crippen LogP contribution in [0.5, 0.6) is 11.5 Å². The molecule has 8 heteroatoms. The highest BCUT2D eigenvalue weighted by molar-refractivity contribution is 5.97. The summed E-state index contributed by atoms with van der Waals surface area (Å²) >= 11 is 0. The van der Waals surface area contributed by atoms with E-state index in [9.17, 15) is 4.79 Å². The normalized spacial score (nSPS) is 21.6. The highest BCUT2D eigenvalue weighted by atomic mass is 16.5. The van der Waals surface area contributed by atoms with Crippen molar-refractivity contribution in [3.63, 3.8) is 0 Å². The van der Waals surface area contributed by atoms with E-state index in [2.05, 4.69) is 10.1 Å². The van der Waals surface area contributed by atoms with Gasteiger partial charge in [-0.05, 0) is 31.4 Å². The number of benzene rings is 1. The van der Waals surface area contributed by atoms with Crippen molar-refractivity contribution in [1.29, 1.82) is 0 Å². The summed E-state index contributed by atoms with van der Waals surface area (Å²) in [4.78, 5) is 18.8. The van der Waals surface area contributed by atoms with E-state index in [1.807, 2.05) is 6.07 Å². The van der Waals surface area contributed by atoms with Crippen molar-refractivity contribution in [3.05, 3.63) is 29.9 Å². The summed E-state index contributed by atoms with van der Waals surface area (Å²) in [5.41, 5.74) is 6.49. The lowest BCUT2D eigenvalue weighted by molar-refractivity contribution is -0.117. The van der Waals surface area contributed by atoms with Crippen LogP contribution in [0.4, 0.5) is 5.69 Å². The highest BCUT2D eigenvalue weighted by Gasteiger charge is 2.41. The summed E-state index contributed by atoms with van der Waals surface area (Å²) in [6.45, 7) is 0.459. The molecule has 26 heavy (non-hydrogen) atoms. The van der Waals surface area contributed by atoms with Gasteiger partial charge in [0, 0.05) is 19.0 Å². The molecule has 2 fully saturated rings. The molecule has 2 heterocycles. The smallest absolute Gasteiger partial charge is 0.232 e. The Bertz CT molecular complexity index is 830. The second-order valence-electron chi connectivity index (χ2n) is 6.91. The molecule has 1 saturated heterocycles. The quantitative estimate of drug-likeness (QED) is 0.871. The molecule has 138 valence electrons. The zero-order valence-corrected chi connectivity index (χ0v) is 14.9. The van der Waals surface area contributed by atoms with Crippen LogP contribution in [0.15, 0.2) is 22.7 Å².